The van der Waals surface area contributed by atoms with E-state index < -0.39 is 30.4 Å². The number of aromatic nitrogens is 1. The summed E-state index contributed by atoms with van der Waals surface area (Å²) in [5.41, 5.74) is 0.398. The number of amides is 2. The van der Waals surface area contributed by atoms with Crippen molar-refractivity contribution >= 4 is 39.5 Å². The summed E-state index contributed by atoms with van der Waals surface area (Å²) in [4.78, 5) is 36.4. The molecule has 0 aliphatic heterocycles. The maximum Gasteiger partial charge on any atom is 0.329 e. The van der Waals surface area contributed by atoms with Gasteiger partial charge in [-0.05, 0) is 34.0 Å². The predicted octanol–water partition coefficient (Wildman–Crippen LogP) is 2.37. The van der Waals surface area contributed by atoms with E-state index in [1.54, 1.807) is 38.1 Å². The minimum atomic E-state index is -0.894. The topological polar surface area (TPSA) is 111 Å². The molecule has 0 unspecified atom stereocenters. The monoisotopic (exact) mass is 423 g/mol. The summed E-state index contributed by atoms with van der Waals surface area (Å²) in [6.07, 6.45) is 1.30. The number of nitrogens with zero attached hydrogens (tertiary/aromatic N) is 1. The molecule has 0 aliphatic carbocycles. The van der Waals surface area contributed by atoms with E-state index in [9.17, 15) is 14.4 Å². The van der Waals surface area contributed by atoms with Gasteiger partial charge in [0, 0.05) is 10.5 Å². The summed E-state index contributed by atoms with van der Waals surface area (Å²) in [6, 6.07) is 7.42. The number of carbonyl (C=O) groups is 3. The Bertz CT molecular complexity index is 776. The minimum Gasteiger partial charge on any atom is -0.454 e. The van der Waals surface area contributed by atoms with Gasteiger partial charge < -0.3 is 19.9 Å². The number of carbonyl (C=O) groups excluding carboxylic acids is 3. The molecule has 0 radical (unpaired) electrons. The van der Waals surface area contributed by atoms with Crippen molar-refractivity contribution in [3.05, 3.63) is 46.6 Å². The van der Waals surface area contributed by atoms with E-state index in [2.05, 4.69) is 36.2 Å². The second-order valence-corrected chi connectivity index (χ2v) is 6.57. The fourth-order valence-corrected chi connectivity index (χ4v) is 2.51. The summed E-state index contributed by atoms with van der Waals surface area (Å²) in [5.74, 6) is -1.69. The number of ether oxygens (including phenoxy) is 1. The fraction of sp³-hybridized carbons (Fsp3) is 0.294. The average Bonchev–Trinajstić information content (AvgIpc) is 3.10. The third-order valence-electron chi connectivity index (χ3n) is 3.38. The number of benzene rings is 1. The Balaban J connectivity index is 1.93. The average molecular weight is 424 g/mol. The second-order valence-electron chi connectivity index (χ2n) is 5.72. The van der Waals surface area contributed by atoms with Crippen molar-refractivity contribution in [3.63, 3.8) is 0 Å². The summed E-state index contributed by atoms with van der Waals surface area (Å²) in [6.45, 7) is 3.03. The molecule has 1 aromatic carbocycles. The number of esters is 1. The largest absolute Gasteiger partial charge is 0.454 e. The highest BCUT2D eigenvalue weighted by atomic mass is 79.9. The van der Waals surface area contributed by atoms with Crippen LogP contribution in [0.25, 0.3) is 0 Å². The van der Waals surface area contributed by atoms with E-state index in [-0.39, 0.29) is 11.7 Å². The van der Waals surface area contributed by atoms with Gasteiger partial charge in [-0.2, -0.15) is 0 Å². The molecule has 0 spiro atoms. The highest BCUT2D eigenvalue weighted by molar-refractivity contribution is 9.10. The van der Waals surface area contributed by atoms with Crippen molar-refractivity contribution in [3.8, 4) is 0 Å². The lowest BCUT2D eigenvalue weighted by molar-refractivity contribution is -0.150. The first-order chi connectivity index (χ1) is 12.4. The van der Waals surface area contributed by atoms with E-state index in [0.717, 1.165) is 0 Å². The summed E-state index contributed by atoms with van der Waals surface area (Å²) < 4.78 is 10.2. The Hall–Kier alpha value is -2.68. The first kappa shape index (κ1) is 19.6. The van der Waals surface area contributed by atoms with Crippen LogP contribution in [0.3, 0.4) is 0 Å². The number of hydrogen-bond donors (Lipinski definition) is 2. The lowest BCUT2D eigenvalue weighted by Crippen LogP contribution is -2.46. The lowest BCUT2D eigenvalue weighted by atomic mass is 10.0. The van der Waals surface area contributed by atoms with Gasteiger partial charge in [-0.15, -0.1) is 0 Å². The number of rotatable bonds is 7. The third kappa shape index (κ3) is 5.41. The minimum absolute atomic E-state index is 0.216. The summed E-state index contributed by atoms with van der Waals surface area (Å²) in [7, 11) is 0. The zero-order valence-electron chi connectivity index (χ0n) is 14.2. The normalized spacial score (nSPS) is 11.7. The third-order valence-corrected chi connectivity index (χ3v) is 4.07. The van der Waals surface area contributed by atoms with Gasteiger partial charge in [0.05, 0.1) is 5.56 Å². The molecule has 26 heavy (non-hydrogen) atoms. The Morgan fingerprint density at radius 3 is 2.58 bits per heavy atom. The van der Waals surface area contributed by atoms with Crippen LogP contribution in [0.5, 0.6) is 0 Å². The van der Waals surface area contributed by atoms with Gasteiger partial charge in [0.25, 0.3) is 11.8 Å². The molecule has 0 bridgehead atoms. The molecule has 1 atom stereocenters. The molecule has 0 saturated heterocycles. The van der Waals surface area contributed by atoms with Crippen molar-refractivity contribution in [2.75, 3.05) is 11.9 Å². The van der Waals surface area contributed by atoms with Gasteiger partial charge in [0.1, 0.15) is 12.3 Å². The van der Waals surface area contributed by atoms with Crippen molar-refractivity contribution < 1.29 is 23.6 Å². The van der Waals surface area contributed by atoms with Crippen LogP contribution in [0.4, 0.5) is 5.82 Å². The first-order valence-electron chi connectivity index (χ1n) is 7.80. The molecule has 8 nitrogen and oxygen atoms in total. The standard InChI is InChI=1S/C17H18BrN3O5/c1-10(2)15(20-16(23)11-5-3-4-6-12(11)18)17(24)25-9-14(22)19-13-7-8-26-21-13/h3-8,10,15H,9H2,1-2H3,(H,20,23)(H,19,21,22)/t15-/m0/s1. The quantitative estimate of drug-likeness (QED) is 0.661. The molecule has 2 N–H and O–H groups in total. The van der Waals surface area contributed by atoms with Gasteiger partial charge in [-0.25, -0.2) is 4.79 Å². The van der Waals surface area contributed by atoms with E-state index in [4.69, 9.17) is 4.74 Å². The smallest absolute Gasteiger partial charge is 0.329 e. The van der Waals surface area contributed by atoms with Crippen molar-refractivity contribution in [1.29, 1.82) is 0 Å². The molecule has 9 heteroatoms. The molecular weight excluding hydrogens is 406 g/mol. The SMILES string of the molecule is CC(C)[C@H](NC(=O)c1ccccc1Br)C(=O)OCC(=O)Nc1ccon1. The Labute approximate surface area is 158 Å². The van der Waals surface area contributed by atoms with E-state index >= 15 is 0 Å². The fourth-order valence-electron chi connectivity index (χ4n) is 2.04. The van der Waals surface area contributed by atoms with Gasteiger partial charge >= 0.3 is 5.97 Å². The van der Waals surface area contributed by atoms with Gasteiger partial charge in [0.2, 0.25) is 0 Å². The lowest BCUT2D eigenvalue weighted by Gasteiger charge is -2.21. The van der Waals surface area contributed by atoms with Crippen LogP contribution in [0.15, 0.2) is 45.6 Å². The number of anilines is 1. The van der Waals surface area contributed by atoms with Crippen LogP contribution in [-0.4, -0.2) is 35.6 Å². The summed E-state index contributed by atoms with van der Waals surface area (Å²) in [5, 5.41) is 8.56. The predicted molar refractivity (Wildman–Crippen MR) is 96.3 cm³/mol. The molecule has 0 saturated carbocycles. The Kier molecular flexibility index (Phi) is 6.90. The molecular formula is C17H18BrN3O5. The zero-order valence-corrected chi connectivity index (χ0v) is 15.8. The molecule has 1 heterocycles. The van der Waals surface area contributed by atoms with Crippen LogP contribution < -0.4 is 10.6 Å². The van der Waals surface area contributed by atoms with Crippen molar-refractivity contribution in [2.24, 2.45) is 5.92 Å². The summed E-state index contributed by atoms with van der Waals surface area (Å²) >= 11 is 3.30. The maximum atomic E-state index is 12.4. The van der Waals surface area contributed by atoms with E-state index in [0.29, 0.717) is 10.0 Å². The second kappa shape index (κ2) is 9.14. The number of halogens is 1. The van der Waals surface area contributed by atoms with Gasteiger partial charge in [-0.3, -0.25) is 9.59 Å². The Morgan fingerprint density at radius 1 is 1.23 bits per heavy atom. The number of nitrogens with one attached hydrogen (secondary N) is 2. The molecule has 0 aliphatic rings. The van der Waals surface area contributed by atoms with Crippen LogP contribution >= 0.6 is 15.9 Å². The highest BCUT2D eigenvalue weighted by Crippen LogP contribution is 2.16. The molecule has 2 rings (SSSR count). The van der Waals surface area contributed by atoms with Crippen LogP contribution in [0.1, 0.15) is 24.2 Å². The van der Waals surface area contributed by atoms with E-state index in [1.165, 1.54) is 12.3 Å². The number of hydrogen-bond acceptors (Lipinski definition) is 6. The highest BCUT2D eigenvalue weighted by Gasteiger charge is 2.27. The van der Waals surface area contributed by atoms with Gasteiger partial charge in [0.15, 0.2) is 12.4 Å². The molecule has 138 valence electrons. The van der Waals surface area contributed by atoms with Crippen molar-refractivity contribution in [1.82, 2.24) is 10.5 Å². The van der Waals surface area contributed by atoms with Crippen molar-refractivity contribution in [2.45, 2.75) is 19.9 Å². The van der Waals surface area contributed by atoms with Crippen LogP contribution in [0, 0.1) is 5.92 Å². The van der Waals surface area contributed by atoms with Crippen LogP contribution in [0.2, 0.25) is 0 Å². The molecule has 0 fully saturated rings. The van der Waals surface area contributed by atoms with Crippen LogP contribution in [-0.2, 0) is 14.3 Å². The Morgan fingerprint density at radius 2 is 1.96 bits per heavy atom. The zero-order chi connectivity index (χ0) is 19.1. The maximum absolute atomic E-state index is 12.4. The first-order valence-corrected chi connectivity index (χ1v) is 8.60. The molecule has 2 aromatic rings. The van der Waals surface area contributed by atoms with Gasteiger partial charge in [-0.1, -0.05) is 31.1 Å². The van der Waals surface area contributed by atoms with E-state index in [1.807, 2.05) is 0 Å². The molecule has 2 amide bonds. The molecule has 1 aromatic heterocycles.